The van der Waals surface area contributed by atoms with E-state index in [2.05, 4.69) is 128 Å². The molecule has 43 heavy (non-hydrogen) atoms. The molecule has 0 radical (unpaired) electrons. The molecular weight excluding hydrogens is 550 g/mol. The SMILES string of the molecule is CN(C)CCC=C1c2ccccc2COc2ccccc21.CN(C)CCCN1c2ccccc2CCc2ccc(Cl)cc21. The first kappa shape index (κ1) is 30.9. The van der Waals surface area contributed by atoms with Crippen LogP contribution in [0.25, 0.3) is 5.57 Å². The second kappa shape index (κ2) is 14.7. The van der Waals surface area contributed by atoms with Crippen LogP contribution in [0.1, 0.15) is 40.7 Å². The van der Waals surface area contributed by atoms with Crippen LogP contribution in [0.5, 0.6) is 5.75 Å². The number of ether oxygens (including phenoxy) is 1. The minimum atomic E-state index is 0.637. The maximum absolute atomic E-state index is 6.27. The molecule has 0 unspecified atom stereocenters. The third-order valence-corrected chi connectivity index (χ3v) is 8.30. The van der Waals surface area contributed by atoms with Gasteiger partial charge in [-0.05, 0) is 113 Å². The van der Waals surface area contributed by atoms with E-state index in [1.807, 2.05) is 12.1 Å². The Morgan fingerprint density at radius 3 is 2.14 bits per heavy atom. The van der Waals surface area contributed by atoms with Crippen LogP contribution in [-0.2, 0) is 19.4 Å². The number of benzene rings is 4. The van der Waals surface area contributed by atoms with Crippen molar-refractivity contribution >= 4 is 28.5 Å². The number of hydrogen-bond donors (Lipinski definition) is 0. The van der Waals surface area contributed by atoms with Gasteiger partial charge in [0.1, 0.15) is 12.4 Å². The van der Waals surface area contributed by atoms with E-state index < -0.39 is 0 Å². The van der Waals surface area contributed by atoms with E-state index in [4.69, 9.17) is 16.3 Å². The summed E-state index contributed by atoms with van der Waals surface area (Å²) in [6.07, 6.45) is 6.67. The molecule has 0 saturated carbocycles. The maximum Gasteiger partial charge on any atom is 0.127 e. The summed E-state index contributed by atoms with van der Waals surface area (Å²) in [6, 6.07) is 31.9. The van der Waals surface area contributed by atoms with Crippen molar-refractivity contribution in [2.45, 2.75) is 32.3 Å². The van der Waals surface area contributed by atoms with Crippen LogP contribution in [0.4, 0.5) is 11.4 Å². The summed E-state index contributed by atoms with van der Waals surface area (Å²) in [6.45, 7) is 3.80. The van der Waals surface area contributed by atoms with Gasteiger partial charge in [-0.1, -0.05) is 84.4 Å². The predicted octanol–water partition coefficient (Wildman–Crippen LogP) is 8.49. The molecule has 0 N–H and O–H groups in total. The van der Waals surface area contributed by atoms with Crippen LogP contribution in [0, 0.1) is 0 Å². The molecule has 5 heteroatoms. The number of rotatable bonds is 7. The van der Waals surface area contributed by atoms with Gasteiger partial charge in [-0.3, -0.25) is 0 Å². The molecule has 2 heterocycles. The lowest BCUT2D eigenvalue weighted by molar-refractivity contribution is 0.307. The molecule has 4 nitrogen and oxygen atoms in total. The number of para-hydroxylation sites is 2. The van der Waals surface area contributed by atoms with Gasteiger partial charge < -0.3 is 19.4 Å². The Labute approximate surface area is 263 Å². The highest BCUT2D eigenvalue weighted by Gasteiger charge is 2.21. The number of fused-ring (bicyclic) bond motifs is 4. The standard InChI is InChI=1S/C19H23ClN2.C19H21NO/c1-21(2)12-5-13-22-18-7-4-3-6-15(18)8-9-16-10-11-17(20)14-19(16)22;1-20(2)13-7-11-17-16-9-4-3-8-15(16)14-21-19-12-6-5-10-18(17)19/h3-4,6-7,10-11,14H,5,8-9,12-13H2,1-2H3;3-6,8-12H,7,13-14H2,1-2H3. The third-order valence-electron chi connectivity index (χ3n) is 8.06. The van der Waals surface area contributed by atoms with Crippen LogP contribution in [0.3, 0.4) is 0 Å². The Hall–Kier alpha value is -3.57. The normalized spacial score (nSPS) is 14.5. The fourth-order valence-electron chi connectivity index (χ4n) is 5.88. The average Bonchev–Trinajstić information content (AvgIpc) is 3.26. The Kier molecular flexibility index (Phi) is 10.6. The van der Waals surface area contributed by atoms with E-state index in [1.165, 1.54) is 44.8 Å². The first-order chi connectivity index (χ1) is 20.9. The molecule has 0 aliphatic carbocycles. The summed E-state index contributed by atoms with van der Waals surface area (Å²) in [5.74, 6) is 0.977. The van der Waals surface area contributed by atoms with E-state index in [-0.39, 0.29) is 0 Å². The zero-order valence-electron chi connectivity index (χ0n) is 26.0. The number of anilines is 2. The van der Waals surface area contributed by atoms with E-state index in [1.54, 1.807) is 0 Å². The van der Waals surface area contributed by atoms with Crippen LogP contribution in [0.2, 0.25) is 5.02 Å². The largest absolute Gasteiger partial charge is 0.488 e. The topological polar surface area (TPSA) is 19.0 Å². The van der Waals surface area contributed by atoms with Gasteiger partial charge in [0.25, 0.3) is 0 Å². The van der Waals surface area contributed by atoms with Crippen molar-refractivity contribution in [3.8, 4) is 5.75 Å². The molecule has 2 aliphatic heterocycles. The van der Waals surface area contributed by atoms with Gasteiger partial charge in [0, 0.05) is 35.1 Å². The summed E-state index contributed by atoms with van der Waals surface area (Å²) in [5, 5.41) is 0.816. The highest BCUT2D eigenvalue weighted by Crippen LogP contribution is 2.38. The third kappa shape index (κ3) is 7.88. The summed E-state index contributed by atoms with van der Waals surface area (Å²) in [7, 11) is 8.47. The Morgan fingerprint density at radius 2 is 1.37 bits per heavy atom. The Bertz CT molecular complexity index is 1490. The molecule has 2 aliphatic rings. The summed E-state index contributed by atoms with van der Waals surface area (Å²) >= 11 is 6.27. The maximum atomic E-state index is 6.27. The molecule has 224 valence electrons. The smallest absolute Gasteiger partial charge is 0.127 e. The zero-order valence-corrected chi connectivity index (χ0v) is 26.8. The Morgan fingerprint density at radius 1 is 0.721 bits per heavy atom. The molecule has 6 rings (SSSR count). The molecule has 0 amide bonds. The van der Waals surface area contributed by atoms with Crippen molar-refractivity contribution in [2.75, 3.05) is 52.7 Å². The first-order valence-electron chi connectivity index (χ1n) is 15.3. The highest BCUT2D eigenvalue weighted by atomic mass is 35.5. The van der Waals surface area contributed by atoms with Crippen molar-refractivity contribution in [3.05, 3.63) is 130 Å². The lowest BCUT2D eigenvalue weighted by Gasteiger charge is -2.27. The molecule has 0 saturated heterocycles. The van der Waals surface area contributed by atoms with Crippen LogP contribution >= 0.6 is 11.6 Å². The van der Waals surface area contributed by atoms with Gasteiger partial charge in [0.05, 0.1) is 0 Å². The summed E-state index contributed by atoms with van der Waals surface area (Å²) in [5.41, 5.74) is 10.5. The lowest BCUT2D eigenvalue weighted by atomic mass is 9.93. The van der Waals surface area contributed by atoms with Crippen molar-refractivity contribution in [1.29, 1.82) is 0 Å². The molecule has 0 aromatic heterocycles. The summed E-state index contributed by atoms with van der Waals surface area (Å²) in [4.78, 5) is 6.90. The van der Waals surface area contributed by atoms with Crippen molar-refractivity contribution in [3.63, 3.8) is 0 Å². The predicted molar refractivity (Wildman–Crippen MR) is 183 cm³/mol. The minimum Gasteiger partial charge on any atom is -0.488 e. The number of aryl methyl sites for hydroxylation is 2. The molecular formula is C38H44ClN3O. The van der Waals surface area contributed by atoms with Crippen molar-refractivity contribution < 1.29 is 4.74 Å². The van der Waals surface area contributed by atoms with E-state index in [0.717, 1.165) is 56.1 Å². The summed E-state index contributed by atoms with van der Waals surface area (Å²) < 4.78 is 5.98. The molecule has 4 aromatic rings. The van der Waals surface area contributed by atoms with Crippen LogP contribution in [-0.4, -0.2) is 57.6 Å². The highest BCUT2D eigenvalue weighted by molar-refractivity contribution is 6.30. The van der Waals surface area contributed by atoms with Gasteiger partial charge >= 0.3 is 0 Å². The van der Waals surface area contributed by atoms with Crippen molar-refractivity contribution in [1.82, 2.24) is 9.80 Å². The van der Waals surface area contributed by atoms with Gasteiger partial charge in [0.2, 0.25) is 0 Å². The van der Waals surface area contributed by atoms with E-state index in [0.29, 0.717) is 6.61 Å². The molecule has 0 spiro atoms. The van der Waals surface area contributed by atoms with Crippen LogP contribution in [0.15, 0.2) is 97.1 Å². The van der Waals surface area contributed by atoms with Crippen LogP contribution < -0.4 is 9.64 Å². The average molecular weight is 594 g/mol. The number of nitrogens with zero attached hydrogens (tertiary/aromatic N) is 3. The van der Waals surface area contributed by atoms with Gasteiger partial charge in [-0.25, -0.2) is 0 Å². The fraction of sp³-hybridized carbons (Fsp3) is 0.316. The van der Waals surface area contributed by atoms with E-state index in [9.17, 15) is 0 Å². The molecule has 0 fully saturated rings. The Balaban J connectivity index is 0.000000171. The fourth-order valence-corrected chi connectivity index (χ4v) is 6.05. The minimum absolute atomic E-state index is 0.637. The quantitative estimate of drug-likeness (QED) is 0.214. The van der Waals surface area contributed by atoms with Crippen molar-refractivity contribution in [2.24, 2.45) is 0 Å². The number of hydrogen-bond acceptors (Lipinski definition) is 4. The van der Waals surface area contributed by atoms with E-state index >= 15 is 0 Å². The molecule has 0 atom stereocenters. The second-order valence-corrected chi connectivity index (χ2v) is 12.3. The second-order valence-electron chi connectivity index (χ2n) is 11.9. The zero-order chi connectivity index (χ0) is 30.2. The molecule has 0 bridgehead atoms. The molecule has 4 aromatic carbocycles. The lowest BCUT2D eigenvalue weighted by Crippen LogP contribution is -2.24. The first-order valence-corrected chi connectivity index (χ1v) is 15.7. The number of halogens is 1. The van der Waals surface area contributed by atoms with Gasteiger partial charge in [-0.2, -0.15) is 0 Å². The van der Waals surface area contributed by atoms with Gasteiger partial charge in [-0.15, -0.1) is 0 Å². The monoisotopic (exact) mass is 593 g/mol. The van der Waals surface area contributed by atoms with Gasteiger partial charge in [0.15, 0.2) is 0 Å².